The Kier molecular flexibility index (Phi) is 5.43. The van der Waals surface area contributed by atoms with Gasteiger partial charge in [-0.3, -0.25) is 4.79 Å². The normalized spacial score (nSPS) is 9.12. The Morgan fingerprint density at radius 3 is 1.88 bits per heavy atom. The number of ketones is 1. The van der Waals surface area contributed by atoms with Gasteiger partial charge >= 0.3 is 0 Å². The fraction of sp³-hybridized carbons (Fsp3) is 0.0714. The van der Waals surface area contributed by atoms with Crippen LogP contribution in [0.2, 0.25) is 0 Å². The Balaban J connectivity index is 0.000000181. The number of hydrogen-bond acceptors (Lipinski definition) is 2. The van der Waals surface area contributed by atoms with Gasteiger partial charge in [0.15, 0.2) is 5.78 Å². The van der Waals surface area contributed by atoms with Crippen molar-refractivity contribution in [2.75, 3.05) is 0 Å². The summed E-state index contributed by atoms with van der Waals surface area (Å²) >= 11 is 4.09. The Hall–Kier alpha value is -1.61. The molecule has 0 fully saturated rings. The number of carbonyl (C=O) groups is 1. The zero-order valence-corrected chi connectivity index (χ0v) is 10.3. The van der Waals surface area contributed by atoms with Crippen LogP contribution >= 0.6 is 12.6 Å². The van der Waals surface area contributed by atoms with Crippen molar-refractivity contribution in [2.24, 2.45) is 0 Å². The highest BCUT2D eigenvalue weighted by atomic mass is 32.1. The van der Waals surface area contributed by atoms with Crippen LogP contribution in [-0.2, 0) is 0 Å². The lowest BCUT2D eigenvalue weighted by molar-refractivity contribution is 0.101. The number of carbonyl (C=O) groups excluding carboxylic acids is 1. The number of Topliss-reactive ketones (excluding diaryl/α,β-unsaturated/α-hetero) is 1. The van der Waals surface area contributed by atoms with E-state index in [2.05, 4.69) is 12.6 Å². The van der Waals surface area contributed by atoms with Gasteiger partial charge in [-0.15, -0.1) is 12.6 Å². The molecule has 2 aromatic carbocycles. The molecule has 0 saturated heterocycles. The Morgan fingerprint density at radius 2 is 1.53 bits per heavy atom. The van der Waals surface area contributed by atoms with Crippen molar-refractivity contribution in [3.05, 3.63) is 66.0 Å². The van der Waals surface area contributed by atoms with E-state index in [1.165, 1.54) is 12.1 Å². The molecule has 0 heterocycles. The summed E-state index contributed by atoms with van der Waals surface area (Å²) in [5.74, 6) is -0.0872. The second-order valence-corrected chi connectivity index (χ2v) is 3.92. The van der Waals surface area contributed by atoms with Crippen LogP contribution in [0, 0.1) is 5.82 Å². The minimum atomic E-state index is -0.178. The predicted octanol–water partition coefficient (Wildman–Crippen LogP) is 4.00. The first kappa shape index (κ1) is 13.5. The molecule has 0 unspecified atom stereocenters. The van der Waals surface area contributed by atoms with Crippen molar-refractivity contribution in [3.8, 4) is 0 Å². The van der Waals surface area contributed by atoms with Gasteiger partial charge in [0, 0.05) is 10.5 Å². The first-order chi connectivity index (χ1) is 8.09. The van der Waals surface area contributed by atoms with Crippen LogP contribution in [0.1, 0.15) is 17.3 Å². The molecule has 88 valence electrons. The average Bonchev–Trinajstić information content (AvgIpc) is 2.31. The molecule has 1 nitrogen and oxygen atoms in total. The lowest BCUT2D eigenvalue weighted by atomic mass is 10.2. The summed E-state index contributed by atoms with van der Waals surface area (Å²) in [4.78, 5) is 11.6. The summed E-state index contributed by atoms with van der Waals surface area (Å²) in [5, 5.41) is 0. The lowest BCUT2D eigenvalue weighted by Crippen LogP contribution is -1.89. The van der Waals surface area contributed by atoms with Crippen molar-refractivity contribution in [3.63, 3.8) is 0 Å². The van der Waals surface area contributed by atoms with E-state index in [1.807, 2.05) is 0 Å². The third-order valence-electron chi connectivity index (χ3n) is 2.01. The van der Waals surface area contributed by atoms with Crippen molar-refractivity contribution >= 4 is 18.4 Å². The minimum absolute atomic E-state index is 0.0910. The Morgan fingerprint density at radius 1 is 1.00 bits per heavy atom. The maximum absolute atomic E-state index is 11.9. The second-order valence-electron chi connectivity index (χ2n) is 3.40. The standard InChI is InChI=1S/C8H8OS.C6H5F/c1-6(9)7-2-4-8(10)5-3-7;7-6-4-2-1-3-5-6/h2-5,10H,1H3;1-5H. The third-order valence-corrected chi connectivity index (χ3v) is 2.31. The molecule has 17 heavy (non-hydrogen) atoms. The fourth-order valence-electron chi connectivity index (χ4n) is 1.11. The van der Waals surface area contributed by atoms with Gasteiger partial charge in [-0.2, -0.15) is 0 Å². The topological polar surface area (TPSA) is 17.1 Å². The summed E-state index contributed by atoms with van der Waals surface area (Å²) in [6, 6.07) is 15.1. The molecule has 0 aliphatic heterocycles. The van der Waals surface area contributed by atoms with Gasteiger partial charge in [0.25, 0.3) is 0 Å². The minimum Gasteiger partial charge on any atom is -0.295 e. The maximum Gasteiger partial charge on any atom is 0.159 e. The van der Waals surface area contributed by atoms with E-state index < -0.39 is 0 Å². The third kappa shape index (κ3) is 5.31. The van der Waals surface area contributed by atoms with Crippen LogP contribution in [0.5, 0.6) is 0 Å². The SMILES string of the molecule is CC(=O)c1ccc(S)cc1.Fc1ccccc1. The average molecular weight is 248 g/mol. The number of benzene rings is 2. The monoisotopic (exact) mass is 248 g/mol. The predicted molar refractivity (Wildman–Crippen MR) is 70.1 cm³/mol. The van der Waals surface area contributed by atoms with Crippen molar-refractivity contribution in [1.29, 1.82) is 0 Å². The molecule has 2 aromatic rings. The summed E-state index contributed by atoms with van der Waals surface area (Å²) in [5.41, 5.74) is 0.734. The molecule has 0 aliphatic carbocycles. The van der Waals surface area contributed by atoms with Gasteiger partial charge < -0.3 is 0 Å². The quantitative estimate of drug-likeness (QED) is 0.596. The second kappa shape index (κ2) is 6.86. The first-order valence-corrected chi connectivity index (χ1v) is 5.55. The molecule has 0 aliphatic rings. The van der Waals surface area contributed by atoms with Gasteiger partial charge in [0.2, 0.25) is 0 Å². The smallest absolute Gasteiger partial charge is 0.159 e. The summed E-state index contributed by atoms with van der Waals surface area (Å²) < 4.78 is 11.9. The largest absolute Gasteiger partial charge is 0.295 e. The molecule has 0 amide bonds. The molecule has 2 rings (SSSR count). The van der Waals surface area contributed by atoms with Crippen molar-refractivity contribution in [1.82, 2.24) is 0 Å². The van der Waals surface area contributed by atoms with E-state index in [0.29, 0.717) is 0 Å². The zero-order chi connectivity index (χ0) is 12.7. The number of hydrogen-bond donors (Lipinski definition) is 1. The number of rotatable bonds is 1. The molecule has 3 heteroatoms. The van der Waals surface area contributed by atoms with Crippen molar-refractivity contribution in [2.45, 2.75) is 11.8 Å². The van der Waals surface area contributed by atoms with Crippen LogP contribution in [0.25, 0.3) is 0 Å². The highest BCUT2D eigenvalue weighted by Gasteiger charge is 1.95. The maximum atomic E-state index is 11.9. The van der Waals surface area contributed by atoms with Gasteiger partial charge in [-0.25, -0.2) is 4.39 Å². The van der Waals surface area contributed by atoms with E-state index in [-0.39, 0.29) is 11.6 Å². The highest BCUT2D eigenvalue weighted by Crippen LogP contribution is 2.07. The van der Waals surface area contributed by atoms with Gasteiger partial charge in [0.1, 0.15) is 5.82 Å². The molecule has 0 aromatic heterocycles. The van der Waals surface area contributed by atoms with E-state index in [4.69, 9.17) is 0 Å². The molecule has 0 bridgehead atoms. The van der Waals surface area contributed by atoms with Gasteiger partial charge in [-0.05, 0) is 31.2 Å². The molecular formula is C14H13FOS. The molecule has 0 spiro atoms. The van der Waals surface area contributed by atoms with Crippen LogP contribution in [0.4, 0.5) is 4.39 Å². The van der Waals surface area contributed by atoms with E-state index in [9.17, 15) is 9.18 Å². The molecular weight excluding hydrogens is 235 g/mol. The fourth-order valence-corrected chi connectivity index (χ4v) is 1.26. The first-order valence-electron chi connectivity index (χ1n) is 5.10. The highest BCUT2D eigenvalue weighted by molar-refractivity contribution is 7.80. The molecule has 0 radical (unpaired) electrons. The Labute approximate surface area is 106 Å². The van der Waals surface area contributed by atoms with Gasteiger partial charge in [0.05, 0.1) is 0 Å². The lowest BCUT2D eigenvalue weighted by Gasteiger charge is -1.93. The summed E-state index contributed by atoms with van der Waals surface area (Å²) in [6.07, 6.45) is 0. The molecule has 0 N–H and O–H groups in total. The zero-order valence-electron chi connectivity index (χ0n) is 9.43. The van der Waals surface area contributed by atoms with E-state index >= 15 is 0 Å². The van der Waals surface area contributed by atoms with Crippen LogP contribution in [-0.4, -0.2) is 5.78 Å². The molecule has 0 saturated carbocycles. The van der Waals surface area contributed by atoms with Crippen LogP contribution in [0.15, 0.2) is 59.5 Å². The van der Waals surface area contributed by atoms with Gasteiger partial charge in [-0.1, -0.05) is 30.3 Å². The van der Waals surface area contributed by atoms with Crippen molar-refractivity contribution < 1.29 is 9.18 Å². The number of thiol groups is 1. The van der Waals surface area contributed by atoms with E-state index in [1.54, 1.807) is 49.4 Å². The summed E-state index contributed by atoms with van der Waals surface area (Å²) in [6.45, 7) is 1.55. The Bertz CT molecular complexity index is 465. The molecule has 0 atom stereocenters. The summed E-state index contributed by atoms with van der Waals surface area (Å²) in [7, 11) is 0. The number of halogens is 1. The van der Waals surface area contributed by atoms with Crippen LogP contribution in [0.3, 0.4) is 0 Å². The van der Waals surface area contributed by atoms with E-state index in [0.717, 1.165) is 10.5 Å². The van der Waals surface area contributed by atoms with Crippen LogP contribution < -0.4 is 0 Å².